The second-order valence-corrected chi connectivity index (χ2v) is 8.96. The molecule has 4 heteroatoms. The van der Waals surface area contributed by atoms with E-state index in [4.69, 9.17) is 19.7 Å². The predicted octanol–water partition coefficient (Wildman–Crippen LogP) is 6.49. The lowest BCUT2D eigenvalue weighted by Gasteiger charge is -2.09. The zero-order chi connectivity index (χ0) is 23.8. The summed E-state index contributed by atoms with van der Waals surface area (Å²) in [4.78, 5) is 0. The van der Waals surface area contributed by atoms with Gasteiger partial charge in [0.25, 0.3) is 0 Å². The van der Waals surface area contributed by atoms with E-state index in [0.717, 1.165) is 88.9 Å². The van der Waals surface area contributed by atoms with Gasteiger partial charge in [0.15, 0.2) is 0 Å². The van der Waals surface area contributed by atoms with Gasteiger partial charge in [-0.1, -0.05) is 49.2 Å². The third-order valence-electron chi connectivity index (χ3n) is 6.14. The van der Waals surface area contributed by atoms with E-state index in [2.05, 4.69) is 60.7 Å². The van der Waals surface area contributed by atoms with Crippen molar-refractivity contribution < 1.29 is 19.7 Å². The Bertz CT molecular complexity index is 952. The molecule has 0 aliphatic carbocycles. The molecule has 0 saturated heterocycles. The molecule has 0 bridgehead atoms. The molecule has 0 fully saturated rings. The fraction of sp³-hybridized carbons (Fsp3) is 0.467. The van der Waals surface area contributed by atoms with Crippen LogP contribution in [-0.4, -0.2) is 36.6 Å². The summed E-state index contributed by atoms with van der Waals surface area (Å²) in [5.74, 6) is 1.86. The van der Waals surface area contributed by atoms with Gasteiger partial charge in [-0.2, -0.15) is 0 Å². The Labute approximate surface area is 204 Å². The maximum atomic E-state index is 8.83. The molecule has 3 rings (SSSR count). The molecule has 0 heterocycles. The van der Waals surface area contributed by atoms with Gasteiger partial charge in [0.05, 0.1) is 13.2 Å². The number of hydrogen-bond donors (Lipinski definition) is 2. The molecule has 4 nitrogen and oxygen atoms in total. The molecule has 0 aromatic heterocycles. The molecule has 0 unspecified atom stereocenters. The standard InChI is InChI=1S/C30H40O4/c31-19-5-1-3-7-21-33-29-16-12-25(13-17-29)9-10-26-11-14-28-24-30(18-15-27(28)23-26)34-22-8-4-2-6-20-32/h11-18,23-24,31-32H,1-10,19-22H2. The van der Waals surface area contributed by atoms with Gasteiger partial charge in [-0.15, -0.1) is 0 Å². The van der Waals surface area contributed by atoms with Crippen molar-refractivity contribution in [2.75, 3.05) is 26.4 Å². The topological polar surface area (TPSA) is 58.9 Å². The van der Waals surface area contributed by atoms with Crippen LogP contribution in [-0.2, 0) is 12.8 Å². The quantitative estimate of drug-likeness (QED) is 0.224. The van der Waals surface area contributed by atoms with Crippen molar-refractivity contribution in [3.63, 3.8) is 0 Å². The summed E-state index contributed by atoms with van der Waals surface area (Å²) in [6.45, 7) is 2.02. The van der Waals surface area contributed by atoms with E-state index < -0.39 is 0 Å². The number of aliphatic hydroxyl groups is 2. The van der Waals surface area contributed by atoms with Crippen LogP contribution in [0, 0.1) is 0 Å². The Hall–Kier alpha value is -2.56. The largest absolute Gasteiger partial charge is 0.494 e. The summed E-state index contributed by atoms with van der Waals surface area (Å²) < 4.78 is 11.7. The van der Waals surface area contributed by atoms with Gasteiger partial charge in [0, 0.05) is 13.2 Å². The first-order valence-corrected chi connectivity index (χ1v) is 12.9. The summed E-state index contributed by atoms with van der Waals surface area (Å²) in [7, 11) is 0. The van der Waals surface area contributed by atoms with E-state index in [1.54, 1.807) is 0 Å². The van der Waals surface area contributed by atoms with Crippen molar-refractivity contribution in [3.05, 3.63) is 71.8 Å². The number of aryl methyl sites for hydroxylation is 2. The lowest BCUT2D eigenvalue weighted by atomic mass is 10.0. The fourth-order valence-electron chi connectivity index (χ4n) is 4.07. The number of benzene rings is 3. The van der Waals surface area contributed by atoms with Gasteiger partial charge in [-0.05, 0) is 97.5 Å². The molecule has 0 spiro atoms. The number of fused-ring (bicyclic) bond motifs is 1. The van der Waals surface area contributed by atoms with Crippen LogP contribution in [0.15, 0.2) is 60.7 Å². The van der Waals surface area contributed by atoms with Crippen LogP contribution in [0.3, 0.4) is 0 Å². The molecule has 2 N–H and O–H groups in total. The van der Waals surface area contributed by atoms with Crippen LogP contribution in [0.4, 0.5) is 0 Å². The van der Waals surface area contributed by atoms with Crippen molar-refractivity contribution in [1.29, 1.82) is 0 Å². The van der Waals surface area contributed by atoms with E-state index in [1.165, 1.54) is 21.9 Å². The molecular formula is C30H40O4. The van der Waals surface area contributed by atoms with E-state index in [1.807, 2.05) is 0 Å². The number of aliphatic hydroxyl groups excluding tert-OH is 2. The first kappa shape index (κ1) is 26.1. The maximum Gasteiger partial charge on any atom is 0.119 e. The highest BCUT2D eigenvalue weighted by Gasteiger charge is 2.02. The molecule has 184 valence electrons. The van der Waals surface area contributed by atoms with Gasteiger partial charge in [0.1, 0.15) is 11.5 Å². The van der Waals surface area contributed by atoms with Crippen LogP contribution < -0.4 is 9.47 Å². The van der Waals surface area contributed by atoms with Crippen LogP contribution in [0.1, 0.15) is 62.5 Å². The highest BCUT2D eigenvalue weighted by molar-refractivity contribution is 5.84. The zero-order valence-corrected chi connectivity index (χ0v) is 20.4. The highest BCUT2D eigenvalue weighted by atomic mass is 16.5. The predicted molar refractivity (Wildman–Crippen MR) is 140 cm³/mol. The lowest BCUT2D eigenvalue weighted by Crippen LogP contribution is -1.98. The molecule has 0 atom stereocenters. The highest BCUT2D eigenvalue weighted by Crippen LogP contribution is 2.23. The van der Waals surface area contributed by atoms with Crippen LogP contribution in [0.25, 0.3) is 10.8 Å². The van der Waals surface area contributed by atoms with Crippen molar-refractivity contribution in [2.24, 2.45) is 0 Å². The Balaban J connectivity index is 1.41. The summed E-state index contributed by atoms with van der Waals surface area (Å²) in [6, 6.07) is 21.5. The molecule has 0 aliphatic heterocycles. The SMILES string of the molecule is OCCCCCCOc1ccc(CCc2ccc3cc(OCCCCCCO)ccc3c2)cc1. The van der Waals surface area contributed by atoms with Gasteiger partial charge >= 0.3 is 0 Å². The van der Waals surface area contributed by atoms with E-state index >= 15 is 0 Å². The van der Waals surface area contributed by atoms with E-state index in [0.29, 0.717) is 0 Å². The number of rotatable bonds is 17. The molecule has 0 radical (unpaired) electrons. The minimum absolute atomic E-state index is 0.280. The third kappa shape index (κ3) is 9.36. The average molecular weight is 465 g/mol. The molecule has 0 amide bonds. The molecule has 3 aromatic carbocycles. The second kappa shape index (κ2) is 15.4. The summed E-state index contributed by atoms with van der Waals surface area (Å²) >= 11 is 0. The average Bonchev–Trinajstić information content (AvgIpc) is 2.87. The first-order chi connectivity index (χ1) is 16.8. The van der Waals surface area contributed by atoms with E-state index in [-0.39, 0.29) is 13.2 Å². The Morgan fingerprint density at radius 3 is 1.65 bits per heavy atom. The van der Waals surface area contributed by atoms with Crippen LogP contribution in [0.5, 0.6) is 11.5 Å². The van der Waals surface area contributed by atoms with Crippen molar-refractivity contribution >= 4 is 10.8 Å². The Kier molecular flexibility index (Phi) is 11.8. The summed E-state index contributed by atoms with van der Waals surface area (Å²) in [6.07, 6.45) is 10.2. The maximum absolute atomic E-state index is 8.83. The van der Waals surface area contributed by atoms with Gasteiger partial charge < -0.3 is 19.7 Å². The van der Waals surface area contributed by atoms with Crippen molar-refractivity contribution in [2.45, 2.75) is 64.2 Å². The van der Waals surface area contributed by atoms with Crippen LogP contribution >= 0.6 is 0 Å². The lowest BCUT2D eigenvalue weighted by molar-refractivity contribution is 0.273. The number of ether oxygens (including phenoxy) is 2. The fourth-order valence-corrected chi connectivity index (χ4v) is 4.07. The smallest absolute Gasteiger partial charge is 0.119 e. The van der Waals surface area contributed by atoms with Gasteiger partial charge in [0.2, 0.25) is 0 Å². The summed E-state index contributed by atoms with van der Waals surface area (Å²) in [5, 5.41) is 20.1. The van der Waals surface area contributed by atoms with Crippen molar-refractivity contribution in [1.82, 2.24) is 0 Å². The number of unbranched alkanes of at least 4 members (excludes halogenated alkanes) is 6. The monoisotopic (exact) mass is 464 g/mol. The normalized spacial score (nSPS) is 11.1. The first-order valence-electron chi connectivity index (χ1n) is 12.9. The molecule has 34 heavy (non-hydrogen) atoms. The Morgan fingerprint density at radius 1 is 0.471 bits per heavy atom. The molecule has 0 aliphatic rings. The third-order valence-corrected chi connectivity index (χ3v) is 6.14. The Morgan fingerprint density at radius 2 is 0.971 bits per heavy atom. The molecule has 3 aromatic rings. The minimum atomic E-state index is 0.280. The minimum Gasteiger partial charge on any atom is -0.494 e. The van der Waals surface area contributed by atoms with Crippen molar-refractivity contribution in [3.8, 4) is 11.5 Å². The van der Waals surface area contributed by atoms with Crippen LogP contribution in [0.2, 0.25) is 0 Å². The molecule has 0 saturated carbocycles. The summed E-state index contributed by atoms with van der Waals surface area (Å²) in [5.41, 5.74) is 2.66. The zero-order valence-electron chi connectivity index (χ0n) is 20.4. The number of hydrogen-bond acceptors (Lipinski definition) is 4. The molecular weight excluding hydrogens is 424 g/mol. The second-order valence-electron chi connectivity index (χ2n) is 8.96. The van der Waals surface area contributed by atoms with Gasteiger partial charge in [-0.3, -0.25) is 0 Å². The van der Waals surface area contributed by atoms with Gasteiger partial charge in [-0.25, -0.2) is 0 Å². The van der Waals surface area contributed by atoms with E-state index in [9.17, 15) is 0 Å².